The van der Waals surface area contributed by atoms with E-state index in [4.69, 9.17) is 6.57 Å². The van der Waals surface area contributed by atoms with E-state index in [9.17, 15) is 13.2 Å². The standard InChI is InChI=1S/C61H60F3N3/c1-36-27-38(29-43(28-36)61(62,63)64)37-15-21-45(56(30-37)67-53-24-18-41(59(8,9)10)33-48(53)49-34-42(60(11,12)13)19-25-54(49)67)50-35-44(65-14)20-26-55(50)66-51-22-16-39(57(2,3)4)31-46(51)47-32-40(58(5,6)7)17-23-52(47)66/h15-35H,1-13H3. The molecule has 0 bridgehead atoms. The number of benzene rings is 7. The highest BCUT2D eigenvalue weighted by atomic mass is 19.4. The molecule has 9 rings (SSSR count). The van der Waals surface area contributed by atoms with Gasteiger partial charge >= 0.3 is 6.18 Å². The van der Waals surface area contributed by atoms with Crippen molar-refractivity contribution in [3.63, 3.8) is 0 Å². The average Bonchev–Trinajstić information content (AvgIpc) is 3.75. The second kappa shape index (κ2) is 15.5. The van der Waals surface area contributed by atoms with Crippen LogP contribution in [0.2, 0.25) is 0 Å². The van der Waals surface area contributed by atoms with Crippen molar-refractivity contribution in [3.8, 4) is 33.6 Å². The molecule has 2 aromatic heterocycles. The summed E-state index contributed by atoms with van der Waals surface area (Å²) >= 11 is 0. The molecule has 2 heterocycles. The molecule has 67 heavy (non-hydrogen) atoms. The Hall–Kier alpha value is -6.58. The smallest absolute Gasteiger partial charge is 0.309 e. The highest BCUT2D eigenvalue weighted by Crippen LogP contribution is 2.46. The second-order valence-electron chi connectivity index (χ2n) is 22.7. The van der Waals surface area contributed by atoms with Gasteiger partial charge in [0.15, 0.2) is 5.69 Å². The highest BCUT2D eigenvalue weighted by molar-refractivity contribution is 6.12. The van der Waals surface area contributed by atoms with Gasteiger partial charge < -0.3 is 9.13 Å². The monoisotopic (exact) mass is 891 g/mol. The van der Waals surface area contributed by atoms with Gasteiger partial charge in [0.05, 0.1) is 45.6 Å². The predicted molar refractivity (Wildman–Crippen MR) is 277 cm³/mol. The summed E-state index contributed by atoms with van der Waals surface area (Å²) < 4.78 is 47.9. The molecule has 6 heteroatoms. The third kappa shape index (κ3) is 8.11. The van der Waals surface area contributed by atoms with E-state index >= 15 is 0 Å². The predicted octanol–water partition coefficient (Wildman–Crippen LogP) is 18.3. The van der Waals surface area contributed by atoms with Crippen molar-refractivity contribution >= 4 is 49.3 Å². The molecule has 0 aliphatic heterocycles. The fraction of sp³-hybridized carbons (Fsp3) is 0.295. The van der Waals surface area contributed by atoms with Gasteiger partial charge in [-0.25, -0.2) is 4.85 Å². The van der Waals surface area contributed by atoms with Gasteiger partial charge in [-0.2, -0.15) is 13.2 Å². The minimum Gasteiger partial charge on any atom is -0.309 e. The van der Waals surface area contributed by atoms with Crippen molar-refractivity contribution < 1.29 is 13.2 Å². The molecular formula is C61H60F3N3. The number of hydrogen-bond acceptors (Lipinski definition) is 0. The van der Waals surface area contributed by atoms with Gasteiger partial charge in [0.2, 0.25) is 0 Å². The Bertz CT molecular complexity index is 3360. The molecular weight excluding hydrogens is 832 g/mol. The summed E-state index contributed by atoms with van der Waals surface area (Å²) in [5, 5.41) is 4.50. The number of rotatable bonds is 4. The van der Waals surface area contributed by atoms with Crippen LogP contribution >= 0.6 is 0 Å². The second-order valence-corrected chi connectivity index (χ2v) is 22.7. The largest absolute Gasteiger partial charge is 0.416 e. The summed E-state index contributed by atoms with van der Waals surface area (Å²) in [6.45, 7) is 36.8. The summed E-state index contributed by atoms with van der Waals surface area (Å²) in [5.74, 6) is 0. The van der Waals surface area contributed by atoms with Gasteiger partial charge in [-0.3, -0.25) is 0 Å². The van der Waals surface area contributed by atoms with E-state index in [-0.39, 0.29) is 21.7 Å². The maximum atomic E-state index is 14.4. The van der Waals surface area contributed by atoms with Crippen molar-refractivity contribution in [2.45, 2.75) is 118 Å². The van der Waals surface area contributed by atoms with Crippen molar-refractivity contribution in [3.05, 3.63) is 172 Å². The maximum Gasteiger partial charge on any atom is 0.416 e. The summed E-state index contributed by atoms with van der Waals surface area (Å²) in [4.78, 5) is 3.97. The number of hydrogen-bond donors (Lipinski definition) is 0. The first kappa shape index (κ1) is 45.6. The van der Waals surface area contributed by atoms with Gasteiger partial charge in [-0.15, -0.1) is 0 Å². The molecule has 0 N–H and O–H groups in total. The van der Waals surface area contributed by atoms with E-state index < -0.39 is 11.7 Å². The van der Waals surface area contributed by atoms with Gasteiger partial charge in [-0.05, 0) is 152 Å². The van der Waals surface area contributed by atoms with Gasteiger partial charge in [0.25, 0.3) is 0 Å². The Morgan fingerprint density at radius 1 is 0.388 bits per heavy atom. The molecule has 0 atom stereocenters. The fourth-order valence-electron chi connectivity index (χ4n) is 9.67. The first-order valence-corrected chi connectivity index (χ1v) is 23.3. The van der Waals surface area contributed by atoms with Crippen LogP contribution < -0.4 is 0 Å². The van der Waals surface area contributed by atoms with Crippen molar-refractivity contribution in [1.82, 2.24) is 9.13 Å². The number of fused-ring (bicyclic) bond motifs is 6. The Morgan fingerprint density at radius 2 is 0.806 bits per heavy atom. The Kier molecular flexibility index (Phi) is 10.5. The summed E-state index contributed by atoms with van der Waals surface area (Å²) in [7, 11) is 0. The third-order valence-electron chi connectivity index (χ3n) is 13.6. The van der Waals surface area contributed by atoms with Crippen LogP contribution in [-0.2, 0) is 27.8 Å². The molecule has 0 spiro atoms. The first-order chi connectivity index (χ1) is 31.2. The molecule has 0 saturated carbocycles. The molecule has 0 aliphatic carbocycles. The lowest BCUT2D eigenvalue weighted by molar-refractivity contribution is -0.137. The summed E-state index contributed by atoms with van der Waals surface area (Å²) in [5.41, 5.74) is 13.4. The third-order valence-corrected chi connectivity index (χ3v) is 13.6. The van der Waals surface area contributed by atoms with Crippen LogP contribution in [0, 0.1) is 13.5 Å². The zero-order valence-corrected chi connectivity index (χ0v) is 41.1. The van der Waals surface area contributed by atoms with E-state index in [2.05, 4.69) is 176 Å². The van der Waals surface area contributed by atoms with Crippen molar-refractivity contribution in [1.29, 1.82) is 0 Å². The van der Waals surface area contributed by atoms with Crippen LogP contribution in [-0.4, -0.2) is 9.13 Å². The van der Waals surface area contributed by atoms with Crippen LogP contribution in [0.4, 0.5) is 18.9 Å². The Morgan fingerprint density at radius 3 is 1.19 bits per heavy atom. The average molecular weight is 892 g/mol. The molecule has 3 nitrogen and oxygen atoms in total. The first-order valence-electron chi connectivity index (χ1n) is 23.3. The Balaban J connectivity index is 1.43. The van der Waals surface area contributed by atoms with Gasteiger partial charge in [0, 0.05) is 27.1 Å². The number of nitrogens with zero attached hydrogens (tertiary/aromatic N) is 3. The van der Waals surface area contributed by atoms with Crippen LogP contribution in [0.3, 0.4) is 0 Å². The topological polar surface area (TPSA) is 14.2 Å². The van der Waals surface area contributed by atoms with Gasteiger partial charge in [0.1, 0.15) is 0 Å². The molecule has 0 amide bonds. The van der Waals surface area contributed by atoms with Crippen LogP contribution in [0.15, 0.2) is 127 Å². The lowest BCUT2D eigenvalue weighted by Crippen LogP contribution is -2.10. The van der Waals surface area contributed by atoms with E-state index in [1.807, 2.05) is 36.4 Å². The number of aromatic nitrogens is 2. The molecule has 0 saturated heterocycles. The van der Waals surface area contributed by atoms with E-state index in [0.29, 0.717) is 22.4 Å². The van der Waals surface area contributed by atoms with Crippen LogP contribution in [0.5, 0.6) is 0 Å². The fourth-order valence-corrected chi connectivity index (χ4v) is 9.67. The molecule has 7 aromatic carbocycles. The minimum atomic E-state index is -4.51. The Labute approximate surface area is 393 Å². The zero-order chi connectivity index (χ0) is 48.3. The highest BCUT2D eigenvalue weighted by Gasteiger charge is 2.32. The van der Waals surface area contributed by atoms with E-state index in [1.165, 1.54) is 34.4 Å². The molecule has 340 valence electrons. The SMILES string of the molecule is [C-]#[N+]c1ccc(-n2c3ccc(C(C)(C)C)cc3c3cc(C(C)(C)C)ccc32)c(-c2ccc(-c3cc(C)cc(C(F)(F)F)c3)cc2-n2c3ccc(C(C)(C)C)cc3c3cc(C(C)(C)C)ccc32)c1. The minimum absolute atomic E-state index is 0.0783. The number of halogens is 3. The van der Waals surface area contributed by atoms with Crippen LogP contribution in [0.25, 0.3) is 82.1 Å². The summed E-state index contributed by atoms with van der Waals surface area (Å²) in [6, 6.07) is 43.2. The molecule has 0 unspecified atom stereocenters. The van der Waals surface area contributed by atoms with E-state index in [1.54, 1.807) is 6.92 Å². The maximum absolute atomic E-state index is 14.4. The molecule has 0 fully saturated rings. The molecule has 0 aliphatic rings. The zero-order valence-electron chi connectivity index (χ0n) is 41.1. The summed E-state index contributed by atoms with van der Waals surface area (Å²) in [6.07, 6.45) is -4.51. The van der Waals surface area contributed by atoms with Crippen molar-refractivity contribution in [2.24, 2.45) is 0 Å². The normalized spacial score (nSPS) is 13.1. The lowest BCUT2D eigenvalue weighted by atomic mass is 9.85. The van der Waals surface area contributed by atoms with Crippen LogP contribution in [0.1, 0.15) is 116 Å². The number of aryl methyl sites for hydroxylation is 1. The van der Waals surface area contributed by atoms with E-state index in [0.717, 1.165) is 66.1 Å². The van der Waals surface area contributed by atoms with Crippen molar-refractivity contribution in [2.75, 3.05) is 0 Å². The lowest BCUT2D eigenvalue weighted by Gasteiger charge is -2.22. The quantitative estimate of drug-likeness (QED) is 0.156. The molecule has 0 radical (unpaired) electrons. The molecule has 9 aromatic rings. The van der Waals surface area contributed by atoms with Gasteiger partial charge in [-0.1, -0.05) is 132 Å². The number of alkyl halides is 3.